The summed E-state index contributed by atoms with van der Waals surface area (Å²) in [6.45, 7) is 4.34. The van der Waals surface area contributed by atoms with E-state index in [1.807, 2.05) is 45.0 Å². The summed E-state index contributed by atoms with van der Waals surface area (Å²) in [6, 6.07) is 7.51. The van der Waals surface area contributed by atoms with Crippen LogP contribution in [0.5, 0.6) is 0 Å². The molecule has 2 N–H and O–H groups in total. The van der Waals surface area contributed by atoms with E-state index in [-0.39, 0.29) is 28.5 Å². The lowest BCUT2D eigenvalue weighted by molar-refractivity contribution is -0.123. The Bertz CT molecular complexity index is 823. The first-order valence-electron chi connectivity index (χ1n) is 9.42. The minimum absolute atomic E-state index is 0.116. The van der Waals surface area contributed by atoms with Gasteiger partial charge in [0.05, 0.1) is 22.9 Å². The number of nitrogens with zero attached hydrogens (tertiary/aromatic N) is 1. The minimum atomic E-state index is -0.686. The van der Waals surface area contributed by atoms with Crippen molar-refractivity contribution in [1.82, 2.24) is 15.5 Å². The van der Waals surface area contributed by atoms with Gasteiger partial charge in [0, 0.05) is 11.6 Å². The van der Waals surface area contributed by atoms with Crippen molar-refractivity contribution >= 4 is 35.0 Å². The summed E-state index contributed by atoms with van der Waals surface area (Å²) < 4.78 is 5.47. The second kappa shape index (κ2) is 10.7. The molecule has 2 amide bonds. The highest BCUT2D eigenvalue weighted by atomic mass is 35.5. The zero-order chi connectivity index (χ0) is 21.6. The number of likely N-dealkylation sites (N-methyl/N-ethyl adjacent to an activating group) is 1. The fourth-order valence-corrected chi connectivity index (χ4v) is 3.45. The first kappa shape index (κ1) is 23.3. The molecule has 0 radical (unpaired) electrons. The van der Waals surface area contributed by atoms with Gasteiger partial charge in [-0.1, -0.05) is 37.0 Å². The van der Waals surface area contributed by atoms with E-state index >= 15 is 0 Å². The molecule has 2 rings (SSSR count). The predicted molar refractivity (Wildman–Crippen MR) is 115 cm³/mol. The molecule has 8 heteroatoms. The zero-order valence-electron chi connectivity index (χ0n) is 17.0. The SMILES string of the molecule is CC(C)CC(NC(=O)c1ccc(Cl)cc1Cl)C(=O)NCC(c1ccco1)N(C)C. The van der Waals surface area contributed by atoms with Crippen LogP contribution < -0.4 is 10.6 Å². The molecule has 0 bridgehead atoms. The van der Waals surface area contributed by atoms with Gasteiger partial charge in [-0.3, -0.25) is 14.5 Å². The Morgan fingerprint density at radius 3 is 2.45 bits per heavy atom. The average Bonchev–Trinajstić information content (AvgIpc) is 3.14. The molecule has 0 aliphatic heterocycles. The molecule has 2 atom stereocenters. The molecule has 1 aromatic carbocycles. The molecule has 2 aromatic rings. The molecule has 6 nitrogen and oxygen atoms in total. The summed E-state index contributed by atoms with van der Waals surface area (Å²) in [4.78, 5) is 27.5. The van der Waals surface area contributed by atoms with Gasteiger partial charge in [-0.15, -0.1) is 0 Å². The second-order valence-electron chi connectivity index (χ2n) is 7.52. The smallest absolute Gasteiger partial charge is 0.253 e. The minimum Gasteiger partial charge on any atom is -0.468 e. The number of halogens is 2. The lowest BCUT2D eigenvalue weighted by Crippen LogP contribution is -2.49. The van der Waals surface area contributed by atoms with Crippen LogP contribution in [0.15, 0.2) is 41.0 Å². The van der Waals surface area contributed by atoms with Crippen molar-refractivity contribution in [3.8, 4) is 0 Å². The van der Waals surface area contributed by atoms with E-state index in [1.54, 1.807) is 18.4 Å². The van der Waals surface area contributed by atoms with Gasteiger partial charge in [0.25, 0.3) is 5.91 Å². The molecular formula is C21H27Cl2N3O3. The van der Waals surface area contributed by atoms with Gasteiger partial charge in [0.15, 0.2) is 0 Å². The Hall–Kier alpha value is -2.02. The fourth-order valence-electron chi connectivity index (χ4n) is 2.95. The third kappa shape index (κ3) is 6.77. The van der Waals surface area contributed by atoms with Gasteiger partial charge in [-0.05, 0) is 56.8 Å². The molecule has 0 aliphatic carbocycles. The van der Waals surface area contributed by atoms with Crippen LogP contribution in [-0.2, 0) is 4.79 Å². The molecule has 2 unspecified atom stereocenters. The number of amides is 2. The molecule has 0 saturated carbocycles. The molecule has 1 heterocycles. The summed E-state index contributed by atoms with van der Waals surface area (Å²) in [5.41, 5.74) is 0.277. The van der Waals surface area contributed by atoms with Crippen molar-refractivity contribution in [2.45, 2.75) is 32.4 Å². The van der Waals surface area contributed by atoms with Crippen molar-refractivity contribution in [2.24, 2.45) is 5.92 Å². The van der Waals surface area contributed by atoms with Crippen LogP contribution in [-0.4, -0.2) is 43.4 Å². The van der Waals surface area contributed by atoms with Gasteiger partial charge < -0.3 is 15.1 Å². The Morgan fingerprint density at radius 1 is 1.17 bits per heavy atom. The Morgan fingerprint density at radius 2 is 1.90 bits per heavy atom. The summed E-state index contributed by atoms with van der Waals surface area (Å²) in [6.07, 6.45) is 2.10. The molecule has 1 aromatic heterocycles. The molecule has 29 heavy (non-hydrogen) atoms. The lowest BCUT2D eigenvalue weighted by atomic mass is 10.0. The average molecular weight is 440 g/mol. The highest BCUT2D eigenvalue weighted by Gasteiger charge is 2.25. The number of furan rings is 1. The number of hydrogen-bond acceptors (Lipinski definition) is 4. The Balaban J connectivity index is 2.08. The third-order valence-electron chi connectivity index (χ3n) is 4.47. The van der Waals surface area contributed by atoms with Gasteiger partial charge in [0.2, 0.25) is 5.91 Å². The number of rotatable bonds is 9. The summed E-state index contributed by atoms with van der Waals surface area (Å²) >= 11 is 12.0. The zero-order valence-corrected chi connectivity index (χ0v) is 18.6. The number of nitrogens with one attached hydrogen (secondary N) is 2. The van der Waals surface area contributed by atoms with Crippen molar-refractivity contribution in [1.29, 1.82) is 0 Å². The van der Waals surface area contributed by atoms with Crippen LogP contribution in [0.25, 0.3) is 0 Å². The predicted octanol–water partition coefficient (Wildman–Crippen LogP) is 4.15. The highest BCUT2D eigenvalue weighted by molar-refractivity contribution is 6.36. The van der Waals surface area contributed by atoms with Crippen LogP contribution >= 0.6 is 23.2 Å². The van der Waals surface area contributed by atoms with Crippen molar-refractivity contribution in [2.75, 3.05) is 20.6 Å². The van der Waals surface area contributed by atoms with Gasteiger partial charge in [-0.25, -0.2) is 0 Å². The van der Waals surface area contributed by atoms with E-state index in [0.717, 1.165) is 5.76 Å². The van der Waals surface area contributed by atoms with Gasteiger partial charge in [0.1, 0.15) is 11.8 Å². The number of benzene rings is 1. The summed E-state index contributed by atoms with van der Waals surface area (Å²) in [7, 11) is 3.82. The van der Waals surface area contributed by atoms with Crippen molar-refractivity contribution in [3.63, 3.8) is 0 Å². The normalized spacial score (nSPS) is 13.4. The van der Waals surface area contributed by atoms with Crippen molar-refractivity contribution in [3.05, 3.63) is 58.0 Å². The summed E-state index contributed by atoms with van der Waals surface area (Å²) in [5, 5.41) is 6.41. The molecule has 0 saturated heterocycles. The number of hydrogen-bond donors (Lipinski definition) is 2. The highest BCUT2D eigenvalue weighted by Crippen LogP contribution is 2.21. The van der Waals surface area contributed by atoms with E-state index < -0.39 is 11.9 Å². The van der Waals surface area contributed by atoms with Crippen LogP contribution in [0.4, 0.5) is 0 Å². The number of carbonyl (C=O) groups is 2. The fraction of sp³-hybridized carbons (Fsp3) is 0.429. The van der Waals surface area contributed by atoms with Crippen LogP contribution in [0.1, 0.15) is 42.4 Å². The Labute approximate surface area is 181 Å². The van der Waals surface area contributed by atoms with E-state index in [2.05, 4.69) is 10.6 Å². The van der Waals surface area contributed by atoms with Crippen LogP contribution in [0.2, 0.25) is 10.0 Å². The maximum Gasteiger partial charge on any atom is 0.253 e. The maximum absolute atomic E-state index is 12.9. The molecule has 158 valence electrons. The topological polar surface area (TPSA) is 74.6 Å². The second-order valence-corrected chi connectivity index (χ2v) is 8.36. The molecule has 0 aliphatic rings. The first-order valence-corrected chi connectivity index (χ1v) is 10.2. The Kier molecular flexibility index (Phi) is 8.56. The maximum atomic E-state index is 12.9. The van der Waals surface area contributed by atoms with Crippen LogP contribution in [0.3, 0.4) is 0 Å². The molecule has 0 fully saturated rings. The standard InChI is InChI=1S/C21H27Cl2N3O3/c1-13(2)10-17(25-20(27)15-8-7-14(22)11-16(15)23)21(28)24-12-18(26(3)4)19-6-5-9-29-19/h5-9,11,13,17-18H,10,12H2,1-4H3,(H,24,28)(H,25,27). The quantitative estimate of drug-likeness (QED) is 0.615. The van der Waals surface area contributed by atoms with Crippen molar-refractivity contribution < 1.29 is 14.0 Å². The largest absolute Gasteiger partial charge is 0.468 e. The lowest BCUT2D eigenvalue weighted by Gasteiger charge is -2.25. The van der Waals surface area contributed by atoms with E-state index in [4.69, 9.17) is 27.6 Å². The van der Waals surface area contributed by atoms with Gasteiger partial charge >= 0.3 is 0 Å². The van der Waals surface area contributed by atoms with Crippen LogP contribution in [0, 0.1) is 5.92 Å². The monoisotopic (exact) mass is 439 g/mol. The molecular weight excluding hydrogens is 413 g/mol. The van der Waals surface area contributed by atoms with E-state index in [9.17, 15) is 9.59 Å². The van der Waals surface area contributed by atoms with Gasteiger partial charge in [-0.2, -0.15) is 0 Å². The van der Waals surface area contributed by atoms with E-state index in [1.165, 1.54) is 6.07 Å². The molecule has 0 spiro atoms. The summed E-state index contributed by atoms with van der Waals surface area (Å²) in [5.74, 6) is 0.298. The first-order chi connectivity index (χ1) is 13.7. The van der Waals surface area contributed by atoms with E-state index in [0.29, 0.717) is 18.0 Å². The third-order valence-corrected chi connectivity index (χ3v) is 5.02. The number of carbonyl (C=O) groups excluding carboxylic acids is 2.